The summed E-state index contributed by atoms with van der Waals surface area (Å²) in [6, 6.07) is 7.02. The Morgan fingerprint density at radius 1 is 1.09 bits per heavy atom. The molecule has 0 spiro atoms. The number of amides is 1. The highest BCUT2D eigenvalue weighted by atomic mass is 16.3. The number of para-hydroxylation sites is 1. The van der Waals surface area contributed by atoms with Crippen LogP contribution in [-0.2, 0) is 4.79 Å². The van der Waals surface area contributed by atoms with Crippen LogP contribution in [0.5, 0.6) is 5.75 Å². The topological polar surface area (TPSA) is 88.7 Å². The molecule has 33 heavy (non-hydrogen) atoms. The maximum Gasteiger partial charge on any atom is 0.222 e. The summed E-state index contributed by atoms with van der Waals surface area (Å²) in [5.74, 6) is 2.37. The zero-order valence-corrected chi connectivity index (χ0v) is 19.7. The van der Waals surface area contributed by atoms with Gasteiger partial charge in [0.25, 0.3) is 0 Å². The van der Waals surface area contributed by atoms with E-state index in [4.69, 9.17) is 15.1 Å². The van der Waals surface area contributed by atoms with E-state index < -0.39 is 0 Å². The van der Waals surface area contributed by atoms with Crippen molar-refractivity contribution in [3.63, 3.8) is 0 Å². The van der Waals surface area contributed by atoms with Crippen LogP contribution in [0.15, 0.2) is 70.2 Å². The Labute approximate surface area is 196 Å². The van der Waals surface area contributed by atoms with Gasteiger partial charge in [0, 0.05) is 45.3 Å². The second kappa shape index (κ2) is 11.6. The molecule has 7 heteroatoms. The van der Waals surface area contributed by atoms with E-state index in [0.717, 1.165) is 38.0 Å². The molecule has 0 saturated carbocycles. The number of hydrogen-bond acceptors (Lipinski definition) is 6. The molecule has 0 radical (unpaired) electrons. The predicted molar refractivity (Wildman–Crippen MR) is 133 cm³/mol. The number of nitrogens with zero attached hydrogens (tertiary/aromatic N) is 4. The summed E-state index contributed by atoms with van der Waals surface area (Å²) in [7, 11) is 1.00. The molecule has 4 rings (SSSR count). The number of aliphatic imine (C=N–C) groups is 2. The van der Waals surface area contributed by atoms with Crippen molar-refractivity contribution in [2.24, 2.45) is 15.9 Å². The Bertz CT molecular complexity index is 983. The number of benzene rings is 1. The van der Waals surface area contributed by atoms with Gasteiger partial charge in [-0.15, -0.1) is 0 Å². The number of phenols is 1. The Morgan fingerprint density at radius 2 is 1.82 bits per heavy atom. The van der Waals surface area contributed by atoms with Gasteiger partial charge in [-0.2, -0.15) is 0 Å². The van der Waals surface area contributed by atoms with Gasteiger partial charge in [-0.1, -0.05) is 56.4 Å². The monoisotopic (exact) mass is 450 g/mol. The quantitative estimate of drug-likeness (QED) is 0.738. The lowest BCUT2D eigenvalue weighted by Gasteiger charge is -2.38. The summed E-state index contributed by atoms with van der Waals surface area (Å²) in [6.45, 7) is 7.16. The Balaban J connectivity index is 0.00000149. The molecule has 176 valence electrons. The Kier molecular flexibility index (Phi) is 8.60. The van der Waals surface area contributed by atoms with Gasteiger partial charge in [0.15, 0.2) is 5.84 Å². The first-order valence-electron chi connectivity index (χ1n) is 11.5. The number of allylic oxidation sites excluding steroid dienone is 4. The van der Waals surface area contributed by atoms with E-state index in [1.807, 2.05) is 35.3 Å². The molecule has 7 nitrogen and oxygen atoms in total. The number of amidine groups is 2. The van der Waals surface area contributed by atoms with Crippen molar-refractivity contribution in [3.8, 4) is 5.75 Å². The third-order valence-electron chi connectivity index (χ3n) is 5.85. The lowest BCUT2D eigenvalue weighted by Crippen LogP contribution is -2.52. The number of carbonyl (C=O) groups excluding carboxylic acids is 1. The number of rotatable bonds is 4. The lowest BCUT2D eigenvalue weighted by molar-refractivity contribution is -0.132. The summed E-state index contributed by atoms with van der Waals surface area (Å²) in [6.07, 6.45) is 11.7. The SMILES string of the molecule is CC(C)CCC(=O)N1CCN(C2=NC(c3ccccc3O)=NC3C=CC=CC=C23)CC1.CO. The van der Waals surface area contributed by atoms with E-state index in [2.05, 4.69) is 30.9 Å². The van der Waals surface area contributed by atoms with Crippen LogP contribution in [-0.4, -0.2) is 76.9 Å². The van der Waals surface area contributed by atoms with Crippen molar-refractivity contribution in [2.45, 2.75) is 32.7 Å². The van der Waals surface area contributed by atoms with Crippen LogP contribution in [0.1, 0.15) is 32.3 Å². The molecule has 2 heterocycles. The van der Waals surface area contributed by atoms with Crippen LogP contribution in [0.3, 0.4) is 0 Å². The van der Waals surface area contributed by atoms with Crippen LogP contribution in [0.4, 0.5) is 0 Å². The van der Waals surface area contributed by atoms with Gasteiger partial charge in [0.05, 0.1) is 11.6 Å². The van der Waals surface area contributed by atoms with E-state index in [1.165, 1.54) is 0 Å². The average molecular weight is 451 g/mol. The fraction of sp³-hybridized carbons (Fsp3) is 0.423. The van der Waals surface area contributed by atoms with Crippen LogP contribution < -0.4 is 0 Å². The van der Waals surface area contributed by atoms with Crippen LogP contribution in [0.25, 0.3) is 0 Å². The van der Waals surface area contributed by atoms with Crippen molar-refractivity contribution in [3.05, 3.63) is 65.8 Å². The third-order valence-corrected chi connectivity index (χ3v) is 5.85. The molecule has 1 aromatic carbocycles. The Hall–Kier alpha value is -3.19. The molecule has 2 N–H and O–H groups in total. The Morgan fingerprint density at radius 3 is 2.52 bits per heavy atom. The normalized spacial score (nSPS) is 19.7. The molecule has 2 aliphatic heterocycles. The zero-order valence-electron chi connectivity index (χ0n) is 19.7. The van der Waals surface area contributed by atoms with E-state index >= 15 is 0 Å². The molecule has 1 atom stereocenters. The molecule has 3 aliphatic rings. The molecule has 1 saturated heterocycles. The zero-order chi connectivity index (χ0) is 23.8. The molecule has 1 fully saturated rings. The largest absolute Gasteiger partial charge is 0.507 e. The highest BCUT2D eigenvalue weighted by Crippen LogP contribution is 2.27. The highest BCUT2D eigenvalue weighted by molar-refractivity contribution is 6.15. The van der Waals surface area contributed by atoms with E-state index in [-0.39, 0.29) is 17.7 Å². The second-order valence-electron chi connectivity index (χ2n) is 8.54. The van der Waals surface area contributed by atoms with E-state index in [0.29, 0.717) is 36.8 Å². The number of hydrogen-bond donors (Lipinski definition) is 2. The molecule has 1 amide bonds. The van der Waals surface area contributed by atoms with Gasteiger partial charge in [-0.3, -0.25) is 9.79 Å². The fourth-order valence-electron chi connectivity index (χ4n) is 4.02. The van der Waals surface area contributed by atoms with Gasteiger partial charge in [0.2, 0.25) is 5.91 Å². The number of phenolic OH excluding ortho intramolecular Hbond substituents is 1. The average Bonchev–Trinajstić information content (AvgIpc) is 3.09. The molecule has 0 bridgehead atoms. The number of piperazine rings is 1. The number of aromatic hydroxyl groups is 1. The molecular formula is C26H34N4O3. The van der Waals surface area contributed by atoms with Gasteiger partial charge >= 0.3 is 0 Å². The first-order chi connectivity index (χ1) is 16.0. The minimum atomic E-state index is -0.150. The maximum absolute atomic E-state index is 12.5. The van der Waals surface area contributed by atoms with Crippen molar-refractivity contribution in [1.29, 1.82) is 0 Å². The van der Waals surface area contributed by atoms with E-state index in [1.54, 1.807) is 12.1 Å². The van der Waals surface area contributed by atoms with Gasteiger partial charge in [-0.05, 0) is 24.5 Å². The lowest BCUT2D eigenvalue weighted by atomic mass is 10.0. The van der Waals surface area contributed by atoms with Crippen LogP contribution in [0.2, 0.25) is 0 Å². The minimum Gasteiger partial charge on any atom is -0.507 e. The third kappa shape index (κ3) is 5.99. The summed E-state index contributed by atoms with van der Waals surface area (Å²) >= 11 is 0. The van der Waals surface area contributed by atoms with Crippen molar-refractivity contribution < 1.29 is 15.0 Å². The first-order valence-corrected chi connectivity index (χ1v) is 11.5. The smallest absolute Gasteiger partial charge is 0.222 e. The number of fused-ring (bicyclic) bond motifs is 1. The summed E-state index contributed by atoms with van der Waals surface area (Å²) in [5.41, 5.74) is 1.68. The molecule has 0 aromatic heterocycles. The predicted octanol–water partition coefficient (Wildman–Crippen LogP) is 3.16. The number of carbonyl (C=O) groups is 1. The van der Waals surface area contributed by atoms with Crippen LogP contribution >= 0.6 is 0 Å². The molecular weight excluding hydrogens is 416 g/mol. The van der Waals surface area contributed by atoms with Gasteiger partial charge in [0.1, 0.15) is 11.6 Å². The second-order valence-corrected chi connectivity index (χ2v) is 8.54. The van der Waals surface area contributed by atoms with E-state index in [9.17, 15) is 9.90 Å². The number of aliphatic hydroxyl groups is 1. The van der Waals surface area contributed by atoms with Gasteiger partial charge in [-0.25, -0.2) is 4.99 Å². The van der Waals surface area contributed by atoms with Crippen molar-refractivity contribution >= 4 is 17.6 Å². The number of aliphatic hydroxyl groups excluding tert-OH is 1. The standard InChI is InChI=1S/C25H30N4O2.CH4O/c1-18(2)12-13-23(31)28-14-16-29(17-15-28)25-19-8-4-3-5-10-21(19)26-24(27-25)20-9-6-7-11-22(20)30;1-2/h3-11,18,21,30H,12-17H2,1-2H3;2H,1H3. The summed E-state index contributed by atoms with van der Waals surface area (Å²) < 4.78 is 0. The first kappa shape index (κ1) is 24.5. The summed E-state index contributed by atoms with van der Waals surface area (Å²) in [4.78, 5) is 26.4. The van der Waals surface area contributed by atoms with Gasteiger partial charge < -0.3 is 20.0 Å². The molecule has 1 aliphatic carbocycles. The fourth-order valence-corrected chi connectivity index (χ4v) is 4.02. The minimum absolute atomic E-state index is 0.150. The van der Waals surface area contributed by atoms with Crippen molar-refractivity contribution in [2.75, 3.05) is 33.3 Å². The van der Waals surface area contributed by atoms with Crippen molar-refractivity contribution in [1.82, 2.24) is 9.80 Å². The molecule has 1 aromatic rings. The highest BCUT2D eigenvalue weighted by Gasteiger charge is 2.30. The molecule has 1 unspecified atom stereocenters. The van der Waals surface area contributed by atoms with Crippen LogP contribution in [0, 0.1) is 5.92 Å². The summed E-state index contributed by atoms with van der Waals surface area (Å²) in [5, 5.41) is 17.3. The maximum atomic E-state index is 12.5.